The van der Waals surface area contributed by atoms with Gasteiger partial charge in [0, 0.05) is 55.3 Å². The van der Waals surface area contributed by atoms with Crippen LogP contribution in [0.2, 0.25) is 0 Å². The van der Waals surface area contributed by atoms with Gasteiger partial charge in [0.25, 0.3) is 5.91 Å². The zero-order valence-electron chi connectivity index (χ0n) is 24.0. The standard InChI is InChI=1S/C27H28F3N7O4.C2H4/c1-16-22(17-4-6-19(40-2)7-5-17)34-24-20(14-33-37(24)23(16)27(28,29)30)25(39)36-10-8-35(9-11-36)21(15-38)18-12-31-26(41-3)32-13-18;1-2/h4-7,12-14,21,38H,8-11,15H2,1-3H3;1-2H2/t21-;/m1./s1. The van der Waals surface area contributed by atoms with E-state index in [9.17, 15) is 23.1 Å². The molecule has 0 spiro atoms. The molecule has 0 saturated carbocycles. The van der Waals surface area contributed by atoms with Crippen molar-refractivity contribution in [3.8, 4) is 23.0 Å². The highest BCUT2D eigenvalue weighted by atomic mass is 19.4. The third kappa shape index (κ3) is 6.29. The zero-order chi connectivity index (χ0) is 31.3. The summed E-state index contributed by atoms with van der Waals surface area (Å²) >= 11 is 0. The van der Waals surface area contributed by atoms with Gasteiger partial charge < -0.3 is 19.5 Å². The van der Waals surface area contributed by atoms with E-state index in [0.29, 0.717) is 34.5 Å². The van der Waals surface area contributed by atoms with Crippen molar-refractivity contribution in [3.63, 3.8) is 0 Å². The van der Waals surface area contributed by atoms with Crippen LogP contribution >= 0.6 is 0 Å². The molecule has 0 bridgehead atoms. The Kier molecular flexibility index (Phi) is 9.61. The first-order chi connectivity index (χ1) is 20.7. The number of ether oxygens (including phenoxy) is 2. The Labute approximate surface area is 246 Å². The van der Waals surface area contributed by atoms with Crippen molar-refractivity contribution < 1.29 is 32.5 Å². The number of carbonyl (C=O) groups is 1. The van der Waals surface area contributed by atoms with Crippen molar-refractivity contribution in [3.05, 3.63) is 78.4 Å². The Hall–Kier alpha value is -4.56. The predicted octanol–water partition coefficient (Wildman–Crippen LogP) is 3.82. The number of piperazine rings is 1. The van der Waals surface area contributed by atoms with Gasteiger partial charge in [-0.05, 0) is 31.2 Å². The van der Waals surface area contributed by atoms with Crippen molar-refractivity contribution in [2.45, 2.75) is 19.1 Å². The minimum atomic E-state index is -4.74. The van der Waals surface area contributed by atoms with Gasteiger partial charge in [-0.25, -0.2) is 19.5 Å². The van der Waals surface area contributed by atoms with E-state index < -0.39 is 17.8 Å². The molecule has 14 heteroatoms. The van der Waals surface area contributed by atoms with Crippen LogP contribution in [-0.4, -0.2) is 92.4 Å². The molecule has 1 N–H and O–H groups in total. The lowest BCUT2D eigenvalue weighted by Gasteiger charge is -2.38. The quantitative estimate of drug-likeness (QED) is 0.316. The topological polar surface area (TPSA) is 118 Å². The molecule has 228 valence electrons. The first-order valence-corrected chi connectivity index (χ1v) is 13.3. The summed E-state index contributed by atoms with van der Waals surface area (Å²) in [7, 11) is 2.95. The van der Waals surface area contributed by atoms with E-state index in [1.165, 1.54) is 21.1 Å². The smallest absolute Gasteiger partial charge is 0.433 e. The van der Waals surface area contributed by atoms with Crippen LogP contribution in [0.25, 0.3) is 16.9 Å². The van der Waals surface area contributed by atoms with Gasteiger partial charge in [0.15, 0.2) is 11.3 Å². The van der Waals surface area contributed by atoms with Gasteiger partial charge in [-0.2, -0.15) is 18.3 Å². The molecular weight excluding hydrogens is 567 g/mol. The number of hydrogen-bond acceptors (Lipinski definition) is 9. The van der Waals surface area contributed by atoms with Gasteiger partial charge in [-0.15, -0.1) is 13.2 Å². The predicted molar refractivity (Wildman–Crippen MR) is 152 cm³/mol. The highest BCUT2D eigenvalue weighted by Crippen LogP contribution is 2.37. The molecule has 3 aromatic heterocycles. The summed E-state index contributed by atoms with van der Waals surface area (Å²) in [6.45, 7) is 8.55. The second-order valence-electron chi connectivity index (χ2n) is 9.48. The highest BCUT2D eigenvalue weighted by molar-refractivity contribution is 6.00. The molecule has 1 aromatic carbocycles. The minimum Gasteiger partial charge on any atom is -0.497 e. The Balaban J connectivity index is 0.00000207. The Morgan fingerprint density at radius 3 is 2.19 bits per heavy atom. The zero-order valence-corrected chi connectivity index (χ0v) is 24.0. The van der Waals surface area contributed by atoms with E-state index in [4.69, 9.17) is 9.47 Å². The molecule has 0 unspecified atom stereocenters. The van der Waals surface area contributed by atoms with Crippen LogP contribution in [-0.2, 0) is 6.18 Å². The number of benzene rings is 1. The number of rotatable bonds is 7. The third-order valence-electron chi connectivity index (χ3n) is 7.18. The van der Waals surface area contributed by atoms with Gasteiger partial charge >= 0.3 is 12.2 Å². The van der Waals surface area contributed by atoms with Crippen molar-refractivity contribution in [2.75, 3.05) is 47.0 Å². The number of methoxy groups -OCH3 is 2. The average molecular weight is 600 g/mol. The molecule has 1 saturated heterocycles. The minimum absolute atomic E-state index is 0.0269. The number of alkyl halides is 3. The molecule has 11 nitrogen and oxygen atoms in total. The lowest BCUT2D eigenvalue weighted by Crippen LogP contribution is -2.50. The highest BCUT2D eigenvalue weighted by Gasteiger charge is 2.39. The number of amides is 1. The maximum absolute atomic E-state index is 14.2. The summed E-state index contributed by atoms with van der Waals surface area (Å²) < 4.78 is 53.6. The van der Waals surface area contributed by atoms with E-state index in [1.54, 1.807) is 41.6 Å². The summed E-state index contributed by atoms with van der Waals surface area (Å²) in [5, 5.41) is 14.0. The van der Waals surface area contributed by atoms with Crippen LogP contribution < -0.4 is 9.47 Å². The largest absolute Gasteiger partial charge is 0.497 e. The third-order valence-corrected chi connectivity index (χ3v) is 7.18. The van der Waals surface area contributed by atoms with Crippen molar-refractivity contribution in [1.29, 1.82) is 0 Å². The Morgan fingerprint density at radius 1 is 1.02 bits per heavy atom. The number of aliphatic hydroxyl groups is 1. The van der Waals surface area contributed by atoms with Crippen molar-refractivity contribution >= 4 is 11.6 Å². The molecule has 1 amide bonds. The van der Waals surface area contributed by atoms with Crippen LogP contribution in [0.4, 0.5) is 13.2 Å². The SMILES string of the molecule is C=C.COc1ccc(-c2nc3c(C(=O)N4CCN([C@H](CO)c5cnc(OC)nc5)CC4)cnn3c(C(F)(F)F)c2C)cc1. The number of hydrogen-bond donors (Lipinski definition) is 1. The first-order valence-electron chi connectivity index (χ1n) is 13.3. The van der Waals surface area contributed by atoms with E-state index in [-0.39, 0.29) is 54.2 Å². The van der Waals surface area contributed by atoms with Gasteiger partial charge in [0.05, 0.1) is 38.8 Å². The number of fused-ring (bicyclic) bond motifs is 1. The summed E-state index contributed by atoms with van der Waals surface area (Å²) in [5.41, 5.74) is -0.0682. The fourth-order valence-electron chi connectivity index (χ4n) is 5.03. The average Bonchev–Trinajstić information content (AvgIpc) is 3.45. The molecule has 1 aliphatic rings. The number of carbonyl (C=O) groups excluding carboxylic acids is 1. The van der Waals surface area contributed by atoms with E-state index in [2.05, 4.69) is 33.2 Å². The van der Waals surface area contributed by atoms with Crippen LogP contribution in [0, 0.1) is 6.92 Å². The van der Waals surface area contributed by atoms with E-state index in [1.807, 2.05) is 4.90 Å². The van der Waals surface area contributed by atoms with Crippen LogP contribution in [0.1, 0.15) is 33.2 Å². The lowest BCUT2D eigenvalue weighted by atomic mass is 10.0. The normalized spacial score (nSPS) is 14.6. The molecule has 43 heavy (non-hydrogen) atoms. The van der Waals surface area contributed by atoms with Gasteiger partial charge in [0.1, 0.15) is 11.3 Å². The fourth-order valence-corrected chi connectivity index (χ4v) is 5.03. The van der Waals surface area contributed by atoms with Crippen LogP contribution in [0.15, 0.2) is 56.0 Å². The molecule has 4 aromatic rings. The summed E-state index contributed by atoms with van der Waals surface area (Å²) in [6.07, 6.45) is -0.450. The Morgan fingerprint density at radius 2 is 1.65 bits per heavy atom. The second kappa shape index (κ2) is 13.2. The molecule has 0 radical (unpaired) electrons. The number of aliphatic hydroxyl groups excluding tert-OH is 1. The van der Waals surface area contributed by atoms with Gasteiger partial charge in [-0.3, -0.25) is 9.69 Å². The van der Waals surface area contributed by atoms with Crippen molar-refractivity contribution in [2.24, 2.45) is 0 Å². The number of nitrogens with zero attached hydrogens (tertiary/aromatic N) is 7. The summed E-state index contributed by atoms with van der Waals surface area (Å²) in [5.74, 6) is 0.0731. The molecule has 1 atom stereocenters. The van der Waals surface area contributed by atoms with Gasteiger partial charge in [-0.1, -0.05) is 0 Å². The molecule has 5 rings (SSSR count). The maximum atomic E-state index is 14.2. The molecule has 4 heterocycles. The maximum Gasteiger partial charge on any atom is 0.433 e. The molecular formula is C29H32F3N7O4. The summed E-state index contributed by atoms with van der Waals surface area (Å²) in [4.78, 5) is 29.8. The van der Waals surface area contributed by atoms with Crippen molar-refractivity contribution in [1.82, 2.24) is 34.4 Å². The lowest BCUT2D eigenvalue weighted by molar-refractivity contribution is -0.143. The monoisotopic (exact) mass is 599 g/mol. The number of halogens is 3. The van der Waals surface area contributed by atoms with Crippen LogP contribution in [0.3, 0.4) is 0 Å². The number of aromatic nitrogens is 5. The summed E-state index contributed by atoms with van der Waals surface area (Å²) in [6, 6.07) is 6.32. The molecule has 0 aliphatic carbocycles. The first kappa shape index (κ1) is 31.4. The second-order valence-corrected chi connectivity index (χ2v) is 9.48. The van der Waals surface area contributed by atoms with E-state index >= 15 is 0 Å². The molecule has 1 fully saturated rings. The fraction of sp³-hybridized carbons (Fsp3) is 0.345. The Bertz CT molecular complexity index is 1550. The van der Waals surface area contributed by atoms with Crippen LogP contribution in [0.5, 0.6) is 11.8 Å². The van der Waals surface area contributed by atoms with E-state index in [0.717, 1.165) is 6.20 Å². The van der Waals surface area contributed by atoms with Gasteiger partial charge in [0.2, 0.25) is 0 Å². The molecule has 1 aliphatic heterocycles.